The maximum absolute atomic E-state index is 14.5. The average molecular weight is 336 g/mol. The summed E-state index contributed by atoms with van der Waals surface area (Å²) in [5, 5.41) is 14.8. The van der Waals surface area contributed by atoms with Gasteiger partial charge in [-0.25, -0.2) is 4.39 Å². The average Bonchev–Trinajstić information content (AvgIpc) is 3.23. The second-order valence-corrected chi connectivity index (χ2v) is 7.67. The molecule has 0 spiro atoms. The van der Waals surface area contributed by atoms with Crippen LogP contribution in [0.2, 0.25) is 0 Å². The molecule has 0 radical (unpaired) electrons. The molecule has 2 aliphatic carbocycles. The molecule has 0 unspecified atom stereocenters. The van der Waals surface area contributed by atoms with E-state index in [1.54, 1.807) is 18.2 Å². The van der Waals surface area contributed by atoms with Crippen LogP contribution >= 0.6 is 0 Å². The van der Waals surface area contributed by atoms with Crippen LogP contribution in [0.1, 0.15) is 52.7 Å². The lowest BCUT2D eigenvalue weighted by Gasteiger charge is -2.43. The van der Waals surface area contributed by atoms with Crippen molar-refractivity contribution in [3.05, 3.63) is 65.0 Å². The van der Waals surface area contributed by atoms with Gasteiger partial charge in [0.15, 0.2) is 0 Å². The van der Waals surface area contributed by atoms with Crippen molar-refractivity contribution >= 4 is 11.7 Å². The fraction of sp³-hybridized carbons (Fsp3) is 0.381. The molecular formula is C21H19FNO2-. The van der Waals surface area contributed by atoms with Gasteiger partial charge in [-0.3, -0.25) is 0 Å². The molecule has 0 aromatic heterocycles. The summed E-state index contributed by atoms with van der Waals surface area (Å²) in [6, 6.07) is 12.1. The summed E-state index contributed by atoms with van der Waals surface area (Å²) in [7, 11) is 0. The van der Waals surface area contributed by atoms with Crippen molar-refractivity contribution in [2.75, 3.05) is 5.32 Å². The van der Waals surface area contributed by atoms with E-state index in [0.29, 0.717) is 23.7 Å². The van der Waals surface area contributed by atoms with E-state index in [-0.39, 0.29) is 17.4 Å². The molecule has 2 aromatic carbocycles. The Kier molecular flexibility index (Phi) is 3.18. The Morgan fingerprint density at radius 2 is 1.88 bits per heavy atom. The molecule has 1 aliphatic heterocycles. The first-order valence-corrected chi connectivity index (χ1v) is 8.99. The predicted molar refractivity (Wildman–Crippen MR) is 90.6 cm³/mol. The van der Waals surface area contributed by atoms with Crippen molar-refractivity contribution in [3.8, 4) is 0 Å². The topological polar surface area (TPSA) is 52.2 Å². The molecule has 2 aromatic rings. The van der Waals surface area contributed by atoms with Crippen LogP contribution < -0.4 is 10.4 Å². The van der Waals surface area contributed by atoms with E-state index in [4.69, 9.17) is 0 Å². The zero-order valence-electron chi connectivity index (χ0n) is 13.7. The van der Waals surface area contributed by atoms with E-state index in [9.17, 15) is 14.3 Å². The van der Waals surface area contributed by atoms with Crippen molar-refractivity contribution in [1.82, 2.24) is 0 Å². The van der Waals surface area contributed by atoms with E-state index >= 15 is 0 Å². The zero-order chi connectivity index (χ0) is 17.1. The first-order chi connectivity index (χ1) is 12.1. The molecule has 2 bridgehead atoms. The minimum atomic E-state index is -1.14. The van der Waals surface area contributed by atoms with Gasteiger partial charge in [-0.1, -0.05) is 24.3 Å². The third-order valence-corrected chi connectivity index (χ3v) is 6.56. The minimum Gasteiger partial charge on any atom is -0.545 e. The second kappa shape index (κ2) is 5.32. The number of rotatable bonds is 2. The number of halogens is 1. The Labute approximate surface area is 145 Å². The molecule has 0 saturated heterocycles. The SMILES string of the molecule is O=C([O-])c1ccc2c(c1)[C@H]1[C@H]3CC[C@H](C3)[C@H]1[C@@H](c1ccccc1F)N2. The standard InChI is InChI=1S/C21H20FNO2/c22-16-4-2-1-3-14(16)20-19-12-6-5-11(9-12)18(19)15-10-13(21(24)25)7-8-17(15)23-20/h1-4,7-8,10-12,18-20,23H,5-6,9H2,(H,24,25)/p-1/t11-,12+,18+,19+,20+/m0/s1. The van der Waals surface area contributed by atoms with Gasteiger partial charge in [0.05, 0.1) is 12.0 Å². The Morgan fingerprint density at radius 3 is 2.68 bits per heavy atom. The summed E-state index contributed by atoms with van der Waals surface area (Å²) in [4.78, 5) is 11.3. The fourth-order valence-corrected chi connectivity index (χ4v) is 5.65. The first kappa shape index (κ1) is 14.9. The fourth-order valence-electron chi connectivity index (χ4n) is 5.65. The highest BCUT2D eigenvalue weighted by atomic mass is 19.1. The number of hydrogen-bond acceptors (Lipinski definition) is 3. The number of carbonyl (C=O) groups is 1. The smallest absolute Gasteiger partial charge is 0.128 e. The molecule has 2 fully saturated rings. The lowest BCUT2D eigenvalue weighted by molar-refractivity contribution is -0.255. The van der Waals surface area contributed by atoms with E-state index in [0.717, 1.165) is 23.2 Å². The number of anilines is 1. The highest BCUT2D eigenvalue weighted by molar-refractivity contribution is 5.87. The highest BCUT2D eigenvalue weighted by Gasteiger charge is 2.54. The van der Waals surface area contributed by atoms with Crippen molar-refractivity contribution in [1.29, 1.82) is 0 Å². The van der Waals surface area contributed by atoms with Gasteiger partial charge in [0.25, 0.3) is 0 Å². The van der Waals surface area contributed by atoms with Gasteiger partial charge in [0, 0.05) is 11.3 Å². The predicted octanol–water partition coefficient (Wildman–Crippen LogP) is 3.49. The van der Waals surface area contributed by atoms with Gasteiger partial charge in [0.1, 0.15) is 5.82 Å². The molecule has 128 valence electrons. The summed E-state index contributed by atoms with van der Waals surface area (Å²) < 4.78 is 14.5. The lowest BCUT2D eigenvalue weighted by Crippen LogP contribution is -2.36. The molecule has 4 heteroatoms. The maximum Gasteiger partial charge on any atom is 0.128 e. The molecule has 3 aliphatic rings. The number of carboxylic acids is 1. The van der Waals surface area contributed by atoms with E-state index in [1.165, 1.54) is 18.9 Å². The second-order valence-electron chi connectivity index (χ2n) is 7.67. The number of carboxylic acid groups (broad SMARTS) is 1. The number of hydrogen-bond donors (Lipinski definition) is 1. The Bertz CT molecular complexity index is 865. The van der Waals surface area contributed by atoms with Crippen molar-refractivity contribution < 1.29 is 14.3 Å². The van der Waals surface area contributed by atoms with Crippen LogP contribution in [0.3, 0.4) is 0 Å². The largest absolute Gasteiger partial charge is 0.545 e. The van der Waals surface area contributed by atoms with Crippen LogP contribution in [0.4, 0.5) is 10.1 Å². The summed E-state index contributed by atoms with van der Waals surface area (Å²) in [5.41, 5.74) is 2.96. The number of aromatic carboxylic acids is 1. The van der Waals surface area contributed by atoms with Crippen LogP contribution in [0, 0.1) is 23.6 Å². The molecule has 2 saturated carbocycles. The van der Waals surface area contributed by atoms with Crippen molar-refractivity contribution in [3.63, 3.8) is 0 Å². The van der Waals surface area contributed by atoms with Gasteiger partial charge in [-0.2, -0.15) is 0 Å². The molecule has 1 N–H and O–H groups in total. The normalized spacial score (nSPS) is 32.0. The number of carbonyl (C=O) groups excluding carboxylic acids is 1. The number of nitrogens with one attached hydrogen (secondary N) is 1. The third-order valence-electron chi connectivity index (χ3n) is 6.56. The van der Waals surface area contributed by atoms with Gasteiger partial charge < -0.3 is 15.2 Å². The molecule has 25 heavy (non-hydrogen) atoms. The van der Waals surface area contributed by atoms with Crippen LogP contribution in [0.15, 0.2) is 42.5 Å². The number of benzene rings is 2. The summed E-state index contributed by atoms with van der Waals surface area (Å²) in [5.74, 6) is 0.461. The summed E-state index contributed by atoms with van der Waals surface area (Å²) in [6.45, 7) is 0. The van der Waals surface area contributed by atoms with Crippen molar-refractivity contribution in [2.24, 2.45) is 17.8 Å². The van der Waals surface area contributed by atoms with Gasteiger partial charge in [-0.05, 0) is 72.3 Å². The molecular weight excluding hydrogens is 317 g/mol. The third kappa shape index (κ3) is 2.13. The Hall–Kier alpha value is -2.36. The van der Waals surface area contributed by atoms with Gasteiger partial charge >= 0.3 is 0 Å². The van der Waals surface area contributed by atoms with Gasteiger partial charge in [0.2, 0.25) is 0 Å². The van der Waals surface area contributed by atoms with Crippen LogP contribution in [-0.4, -0.2) is 5.97 Å². The maximum atomic E-state index is 14.5. The summed E-state index contributed by atoms with van der Waals surface area (Å²) in [6.07, 6.45) is 3.54. The summed E-state index contributed by atoms with van der Waals surface area (Å²) >= 11 is 0. The zero-order valence-corrected chi connectivity index (χ0v) is 13.7. The molecule has 5 rings (SSSR count). The van der Waals surface area contributed by atoms with E-state index < -0.39 is 5.97 Å². The molecule has 0 amide bonds. The quantitative estimate of drug-likeness (QED) is 0.913. The minimum absolute atomic E-state index is 0.0530. The molecule has 5 atom stereocenters. The van der Waals surface area contributed by atoms with Crippen molar-refractivity contribution in [2.45, 2.75) is 31.2 Å². The lowest BCUT2D eigenvalue weighted by atomic mass is 9.68. The monoisotopic (exact) mass is 336 g/mol. The van der Waals surface area contributed by atoms with Crippen LogP contribution in [0.5, 0.6) is 0 Å². The first-order valence-electron chi connectivity index (χ1n) is 8.99. The van der Waals surface area contributed by atoms with Crippen LogP contribution in [0.25, 0.3) is 0 Å². The number of fused-ring (bicyclic) bond motifs is 7. The Morgan fingerprint density at radius 1 is 1.08 bits per heavy atom. The van der Waals surface area contributed by atoms with E-state index in [2.05, 4.69) is 5.32 Å². The molecule has 1 heterocycles. The van der Waals surface area contributed by atoms with Gasteiger partial charge in [-0.15, -0.1) is 0 Å². The Balaban J connectivity index is 1.65. The van der Waals surface area contributed by atoms with Crippen LogP contribution in [-0.2, 0) is 0 Å². The highest BCUT2D eigenvalue weighted by Crippen LogP contribution is 2.63. The molecule has 3 nitrogen and oxygen atoms in total. The van der Waals surface area contributed by atoms with E-state index in [1.807, 2.05) is 18.2 Å².